The summed E-state index contributed by atoms with van der Waals surface area (Å²) in [6.45, 7) is 3.91. The van der Waals surface area contributed by atoms with Gasteiger partial charge < -0.3 is 4.74 Å². The Labute approximate surface area is 129 Å². The van der Waals surface area contributed by atoms with Gasteiger partial charge in [-0.25, -0.2) is 4.39 Å². The van der Waals surface area contributed by atoms with Crippen molar-refractivity contribution in [2.45, 2.75) is 38.7 Å². The number of hydrogen-bond donors (Lipinski definition) is 0. The Hall–Kier alpha value is -2.16. The quantitative estimate of drug-likeness (QED) is 0.728. The smallest absolute Gasteiger partial charge is 0.150 e. The van der Waals surface area contributed by atoms with Crippen molar-refractivity contribution in [1.29, 1.82) is 0 Å². The van der Waals surface area contributed by atoms with Gasteiger partial charge in [0.25, 0.3) is 0 Å². The van der Waals surface area contributed by atoms with E-state index in [1.807, 2.05) is 19.9 Å². The number of benzene rings is 2. The monoisotopic (exact) mass is 298 g/mol. The Morgan fingerprint density at radius 3 is 2.41 bits per heavy atom. The van der Waals surface area contributed by atoms with Crippen molar-refractivity contribution in [3.05, 3.63) is 53.3 Å². The molecule has 22 heavy (non-hydrogen) atoms. The van der Waals surface area contributed by atoms with Crippen molar-refractivity contribution in [3.8, 4) is 16.9 Å². The summed E-state index contributed by atoms with van der Waals surface area (Å²) >= 11 is 0. The minimum absolute atomic E-state index is 0.00755. The first-order chi connectivity index (χ1) is 10.6. The lowest BCUT2D eigenvalue weighted by Gasteiger charge is -2.19. The van der Waals surface area contributed by atoms with Crippen LogP contribution < -0.4 is 4.74 Å². The van der Waals surface area contributed by atoms with Gasteiger partial charge in [-0.2, -0.15) is 0 Å². The van der Waals surface area contributed by atoms with E-state index in [1.165, 1.54) is 12.1 Å². The normalized spacial score (nSPS) is 14.2. The van der Waals surface area contributed by atoms with Gasteiger partial charge in [-0.1, -0.05) is 12.1 Å². The highest BCUT2D eigenvalue weighted by molar-refractivity contribution is 5.83. The fraction of sp³-hybridized carbons (Fsp3) is 0.316. The molecule has 1 saturated carbocycles. The Kier molecular flexibility index (Phi) is 3.97. The Morgan fingerprint density at radius 1 is 1.18 bits per heavy atom. The minimum Gasteiger partial charge on any atom is -0.490 e. The Balaban J connectivity index is 2.19. The van der Waals surface area contributed by atoms with Crippen molar-refractivity contribution in [1.82, 2.24) is 0 Å². The zero-order chi connectivity index (χ0) is 15.7. The molecular formula is C19H19FO2. The van der Waals surface area contributed by atoms with Crippen LogP contribution >= 0.6 is 0 Å². The minimum atomic E-state index is -0.257. The first-order valence-electron chi connectivity index (χ1n) is 7.64. The molecule has 0 N–H and O–H groups in total. The standard InChI is InChI=1S/C19H19FO2/c1-12(2)22-18-10-13(11-21)9-17(14-3-4-14)19(18)15-5-7-16(20)8-6-15/h5-12,14H,3-4H2,1-2H3. The molecule has 114 valence electrons. The van der Waals surface area contributed by atoms with Crippen LogP contribution in [0.3, 0.4) is 0 Å². The summed E-state index contributed by atoms with van der Waals surface area (Å²) in [5.41, 5.74) is 3.67. The van der Waals surface area contributed by atoms with Crippen LogP contribution in [0.5, 0.6) is 5.75 Å². The number of carbonyl (C=O) groups is 1. The summed E-state index contributed by atoms with van der Waals surface area (Å²) in [6.07, 6.45) is 3.11. The van der Waals surface area contributed by atoms with Gasteiger partial charge in [0.05, 0.1) is 6.10 Å². The van der Waals surface area contributed by atoms with Crippen molar-refractivity contribution in [2.24, 2.45) is 0 Å². The summed E-state index contributed by atoms with van der Waals surface area (Å²) in [4.78, 5) is 11.2. The molecule has 1 aliphatic carbocycles. The highest BCUT2D eigenvalue weighted by Crippen LogP contribution is 2.48. The van der Waals surface area contributed by atoms with E-state index in [1.54, 1.807) is 18.2 Å². The van der Waals surface area contributed by atoms with Gasteiger partial charge in [-0.3, -0.25) is 4.79 Å². The van der Waals surface area contributed by atoms with Gasteiger partial charge >= 0.3 is 0 Å². The molecule has 2 aromatic rings. The van der Waals surface area contributed by atoms with Crippen LogP contribution in [0.2, 0.25) is 0 Å². The van der Waals surface area contributed by atoms with Gasteiger partial charge in [0.2, 0.25) is 0 Å². The SMILES string of the molecule is CC(C)Oc1cc(C=O)cc(C2CC2)c1-c1ccc(F)cc1. The largest absolute Gasteiger partial charge is 0.490 e. The topological polar surface area (TPSA) is 26.3 Å². The zero-order valence-electron chi connectivity index (χ0n) is 12.8. The first-order valence-corrected chi connectivity index (χ1v) is 7.64. The first kappa shape index (κ1) is 14.8. The average molecular weight is 298 g/mol. The van der Waals surface area contributed by atoms with Crippen LogP contribution in [-0.4, -0.2) is 12.4 Å². The van der Waals surface area contributed by atoms with Crippen molar-refractivity contribution >= 4 is 6.29 Å². The van der Waals surface area contributed by atoms with Crippen molar-refractivity contribution in [2.75, 3.05) is 0 Å². The van der Waals surface area contributed by atoms with E-state index in [0.29, 0.717) is 17.2 Å². The van der Waals surface area contributed by atoms with E-state index in [9.17, 15) is 9.18 Å². The van der Waals surface area contributed by atoms with Gasteiger partial charge in [0.15, 0.2) is 0 Å². The molecular weight excluding hydrogens is 279 g/mol. The van der Waals surface area contributed by atoms with E-state index >= 15 is 0 Å². The predicted octanol–water partition coefficient (Wildman–Crippen LogP) is 4.97. The second kappa shape index (κ2) is 5.91. The highest BCUT2D eigenvalue weighted by atomic mass is 19.1. The Morgan fingerprint density at radius 2 is 1.86 bits per heavy atom. The fourth-order valence-corrected chi connectivity index (χ4v) is 2.72. The van der Waals surface area contributed by atoms with E-state index in [2.05, 4.69) is 0 Å². The van der Waals surface area contributed by atoms with Crippen LogP contribution in [0.4, 0.5) is 4.39 Å². The number of carbonyl (C=O) groups excluding carboxylic acids is 1. The van der Waals surface area contributed by atoms with Crippen LogP contribution in [0.15, 0.2) is 36.4 Å². The Bertz CT molecular complexity index is 685. The van der Waals surface area contributed by atoms with Gasteiger partial charge in [0, 0.05) is 11.1 Å². The third-order valence-electron chi connectivity index (χ3n) is 3.80. The number of ether oxygens (including phenoxy) is 1. The summed E-state index contributed by atoms with van der Waals surface area (Å²) in [6, 6.07) is 10.2. The molecule has 0 aromatic heterocycles. The molecule has 1 fully saturated rings. The zero-order valence-corrected chi connectivity index (χ0v) is 12.8. The van der Waals surface area contributed by atoms with Crippen molar-refractivity contribution in [3.63, 3.8) is 0 Å². The molecule has 0 unspecified atom stereocenters. The molecule has 2 aromatic carbocycles. The molecule has 0 heterocycles. The molecule has 0 atom stereocenters. The molecule has 2 nitrogen and oxygen atoms in total. The van der Waals surface area contributed by atoms with Crippen LogP contribution in [-0.2, 0) is 0 Å². The van der Waals surface area contributed by atoms with E-state index in [4.69, 9.17) is 4.74 Å². The number of rotatable bonds is 5. The van der Waals surface area contributed by atoms with Crippen molar-refractivity contribution < 1.29 is 13.9 Å². The van der Waals surface area contributed by atoms with Crippen LogP contribution in [0.1, 0.15) is 48.5 Å². The molecule has 0 radical (unpaired) electrons. The molecule has 0 amide bonds. The van der Waals surface area contributed by atoms with Gasteiger partial charge in [-0.05, 0) is 68.0 Å². The lowest BCUT2D eigenvalue weighted by molar-refractivity contribution is 0.112. The summed E-state index contributed by atoms with van der Waals surface area (Å²) in [5.74, 6) is 0.912. The van der Waals surface area contributed by atoms with E-state index in [-0.39, 0.29) is 11.9 Å². The maximum atomic E-state index is 13.2. The second-order valence-electron chi connectivity index (χ2n) is 6.05. The van der Waals surface area contributed by atoms with Gasteiger partial charge in [0.1, 0.15) is 17.9 Å². The third-order valence-corrected chi connectivity index (χ3v) is 3.80. The van der Waals surface area contributed by atoms with Crippen LogP contribution in [0.25, 0.3) is 11.1 Å². The molecule has 0 saturated heterocycles. The van der Waals surface area contributed by atoms with Crippen LogP contribution in [0, 0.1) is 5.82 Å². The predicted molar refractivity (Wildman–Crippen MR) is 85.0 cm³/mol. The molecule has 1 aliphatic rings. The summed E-state index contributed by atoms with van der Waals surface area (Å²) < 4.78 is 19.2. The van der Waals surface area contributed by atoms with E-state index in [0.717, 1.165) is 35.8 Å². The molecule has 0 spiro atoms. The maximum absolute atomic E-state index is 13.2. The second-order valence-corrected chi connectivity index (χ2v) is 6.05. The number of aldehydes is 1. The molecule has 3 rings (SSSR count). The average Bonchev–Trinajstić information content (AvgIpc) is 3.31. The molecule has 0 bridgehead atoms. The number of hydrogen-bond acceptors (Lipinski definition) is 2. The fourth-order valence-electron chi connectivity index (χ4n) is 2.72. The maximum Gasteiger partial charge on any atom is 0.150 e. The number of halogens is 1. The van der Waals surface area contributed by atoms with Gasteiger partial charge in [-0.15, -0.1) is 0 Å². The van der Waals surface area contributed by atoms with E-state index < -0.39 is 0 Å². The third kappa shape index (κ3) is 3.03. The lowest BCUT2D eigenvalue weighted by atomic mass is 9.93. The summed E-state index contributed by atoms with van der Waals surface area (Å²) in [5, 5.41) is 0. The molecule has 0 aliphatic heterocycles. The molecule has 3 heteroatoms. The highest BCUT2D eigenvalue weighted by Gasteiger charge is 2.29. The lowest BCUT2D eigenvalue weighted by Crippen LogP contribution is -2.08. The summed E-state index contributed by atoms with van der Waals surface area (Å²) in [7, 11) is 0.